The topological polar surface area (TPSA) is 286 Å². The predicted molar refractivity (Wildman–Crippen MR) is 240 cm³/mol. The van der Waals surface area contributed by atoms with Gasteiger partial charge in [0.25, 0.3) is 0 Å². The number of benzene rings is 3. The Morgan fingerprint density at radius 2 is 1.32 bits per heavy atom. The second-order valence-electron chi connectivity index (χ2n) is 17.4. The van der Waals surface area contributed by atoms with E-state index in [1.165, 1.54) is 72.1 Å². The van der Waals surface area contributed by atoms with E-state index in [-0.39, 0.29) is 36.5 Å². The van der Waals surface area contributed by atoms with E-state index >= 15 is 0 Å². The van der Waals surface area contributed by atoms with Crippen LogP contribution in [0.2, 0.25) is 0 Å². The van der Waals surface area contributed by atoms with Gasteiger partial charge < -0.3 is 75.1 Å². The second-order valence-corrected chi connectivity index (χ2v) is 17.4. The van der Waals surface area contributed by atoms with Crippen molar-refractivity contribution in [2.24, 2.45) is 0 Å². The summed E-state index contributed by atoms with van der Waals surface area (Å²) in [5.41, 5.74) is 1.56. The van der Waals surface area contributed by atoms with Gasteiger partial charge in [0.05, 0.1) is 19.8 Å². The van der Waals surface area contributed by atoms with Crippen molar-refractivity contribution < 1.29 is 73.2 Å². The molecule has 21 nitrogen and oxygen atoms in total. The van der Waals surface area contributed by atoms with Gasteiger partial charge in [0, 0.05) is 40.4 Å². The van der Waals surface area contributed by atoms with Crippen LogP contribution in [-0.2, 0) is 52.8 Å². The fraction of sp³-hybridized carbons (Fsp3) is 0.489. The lowest BCUT2D eigenvalue weighted by atomic mass is 9.98. The van der Waals surface area contributed by atoms with Crippen LogP contribution in [0.5, 0.6) is 23.0 Å². The summed E-state index contributed by atoms with van der Waals surface area (Å²) in [6.45, 7) is 3.36. The number of fused-ring (bicyclic) bond motifs is 2. The van der Waals surface area contributed by atoms with Gasteiger partial charge in [-0.25, -0.2) is 0 Å². The van der Waals surface area contributed by atoms with E-state index in [0.717, 1.165) is 9.80 Å². The summed E-state index contributed by atoms with van der Waals surface area (Å²) in [5, 5.41) is 59.9. The predicted octanol–water partition coefficient (Wildman–Crippen LogP) is -1.62. The number of aliphatic hydroxyl groups excluding tert-OH is 5. The number of carbonyl (C=O) groups is 6. The van der Waals surface area contributed by atoms with Crippen LogP contribution in [0.25, 0.3) is 0 Å². The third kappa shape index (κ3) is 11.3. The average Bonchev–Trinajstić information content (AvgIpc) is 3.32. The quantitative estimate of drug-likeness (QED) is 0.132. The highest BCUT2D eigenvalue weighted by atomic mass is 16.7. The summed E-state index contributed by atoms with van der Waals surface area (Å²) in [7, 11) is 5.60. The molecule has 4 aliphatic heterocycles. The van der Waals surface area contributed by atoms with Crippen LogP contribution in [0.3, 0.4) is 0 Å². The van der Waals surface area contributed by atoms with Crippen LogP contribution >= 0.6 is 0 Å². The Morgan fingerprint density at radius 1 is 0.706 bits per heavy atom. The zero-order valence-electron chi connectivity index (χ0n) is 38.8. The van der Waals surface area contributed by atoms with Gasteiger partial charge in [-0.2, -0.15) is 0 Å². The zero-order valence-corrected chi connectivity index (χ0v) is 38.8. The average molecular weight is 949 g/mol. The van der Waals surface area contributed by atoms with Crippen LogP contribution in [-0.4, -0.2) is 184 Å². The number of hydrogen-bond donors (Lipinski definition) is 8. The van der Waals surface area contributed by atoms with Gasteiger partial charge in [-0.05, 0) is 73.9 Å². The van der Waals surface area contributed by atoms with Gasteiger partial charge in [0.1, 0.15) is 72.2 Å². The SMILES string of the molecule is COc1ccc(C[C@H]2C(=O)N[C@@H](C)C(=O)N(C)[C@H]3Cc4ccc(cc4)Oc4cc(ccc4O[C@@H]4O[C@H](CO)[C@@H](O)[C@H](O)[C@H]4O)C[C@@H](C(=O)N[C@H](C)C(=O)N[C@@H](C(C)O)C(=O)N2C)N(C)C3=O)cc1. The Balaban J connectivity index is 1.41. The number of rotatable bonds is 7. The molecule has 6 amide bonds. The number of aliphatic hydroxyl groups is 5. The third-order valence-corrected chi connectivity index (χ3v) is 12.6. The molecule has 0 aromatic heterocycles. The molecule has 8 N–H and O–H groups in total. The number of ether oxygens (including phenoxy) is 4. The molecule has 68 heavy (non-hydrogen) atoms. The van der Waals surface area contributed by atoms with Crippen LogP contribution in [0.15, 0.2) is 66.7 Å². The maximum Gasteiger partial charge on any atom is 0.248 e. The summed E-state index contributed by atoms with van der Waals surface area (Å²) in [6, 6.07) is 9.63. The minimum absolute atomic E-state index is 0.0144. The highest BCUT2D eigenvalue weighted by molar-refractivity contribution is 5.98. The number of nitrogens with zero attached hydrogens (tertiary/aromatic N) is 3. The van der Waals surface area contributed by atoms with Crippen LogP contribution in [0, 0.1) is 0 Å². The Bertz CT molecular complexity index is 2310. The zero-order chi connectivity index (χ0) is 49.7. The molecule has 21 heteroatoms. The fourth-order valence-electron chi connectivity index (χ4n) is 8.23. The molecule has 12 atom stereocenters. The van der Waals surface area contributed by atoms with Gasteiger partial charge in [-0.15, -0.1) is 0 Å². The number of nitrogens with one attached hydrogen (secondary N) is 3. The third-order valence-electron chi connectivity index (χ3n) is 12.6. The maximum absolute atomic E-state index is 14.9. The molecule has 0 saturated carbocycles. The Kier molecular flexibility index (Phi) is 16.3. The number of carbonyl (C=O) groups excluding carboxylic acids is 6. The van der Waals surface area contributed by atoms with Crippen molar-refractivity contribution in [3.05, 3.63) is 83.4 Å². The van der Waals surface area contributed by atoms with Crippen molar-refractivity contribution in [1.82, 2.24) is 30.7 Å². The minimum atomic E-state index is -1.75. The number of likely N-dealkylation sites (N-methyl/N-ethyl adjacent to an activating group) is 3. The minimum Gasteiger partial charge on any atom is -0.497 e. The number of methoxy groups -OCH3 is 1. The van der Waals surface area contributed by atoms with Gasteiger partial charge in [-0.1, -0.05) is 30.3 Å². The molecule has 6 bridgehead atoms. The second kappa shape index (κ2) is 21.7. The first-order valence-corrected chi connectivity index (χ1v) is 22.1. The smallest absolute Gasteiger partial charge is 0.248 e. The van der Waals surface area contributed by atoms with Crippen molar-refractivity contribution >= 4 is 35.4 Å². The van der Waals surface area contributed by atoms with Crippen LogP contribution < -0.4 is 30.2 Å². The monoisotopic (exact) mass is 948 g/mol. The first kappa shape index (κ1) is 51.0. The Hall–Kier alpha value is -6.36. The molecule has 0 radical (unpaired) electrons. The first-order chi connectivity index (χ1) is 32.2. The van der Waals surface area contributed by atoms with E-state index in [1.807, 2.05) is 0 Å². The summed E-state index contributed by atoms with van der Waals surface area (Å²) in [5.74, 6) is -3.76. The molecule has 1 unspecified atom stereocenters. The molecular weight excluding hydrogens is 889 g/mol. The Labute approximate surface area is 392 Å². The lowest BCUT2D eigenvalue weighted by molar-refractivity contribution is -0.277. The number of amides is 6. The summed E-state index contributed by atoms with van der Waals surface area (Å²) >= 11 is 0. The summed E-state index contributed by atoms with van der Waals surface area (Å²) in [4.78, 5) is 89.5. The first-order valence-electron chi connectivity index (χ1n) is 22.1. The summed E-state index contributed by atoms with van der Waals surface area (Å²) in [6.07, 6.45) is -9.79. The van der Waals surface area contributed by atoms with E-state index in [2.05, 4.69) is 16.0 Å². The van der Waals surface area contributed by atoms with Gasteiger partial charge >= 0.3 is 0 Å². The van der Waals surface area contributed by atoms with Crippen molar-refractivity contribution in [3.8, 4) is 23.0 Å². The lowest BCUT2D eigenvalue weighted by Gasteiger charge is -2.39. The van der Waals surface area contributed by atoms with Crippen LogP contribution in [0.1, 0.15) is 37.5 Å². The maximum atomic E-state index is 14.9. The molecular formula is C47H60N6O15. The lowest BCUT2D eigenvalue weighted by Crippen LogP contribution is -2.63. The van der Waals surface area contributed by atoms with E-state index in [9.17, 15) is 54.3 Å². The van der Waals surface area contributed by atoms with Crippen molar-refractivity contribution in [2.45, 2.75) is 113 Å². The Morgan fingerprint density at radius 3 is 1.96 bits per heavy atom. The molecule has 7 rings (SSSR count). The van der Waals surface area contributed by atoms with Gasteiger partial charge in [-0.3, -0.25) is 28.8 Å². The molecule has 0 spiro atoms. The highest BCUT2D eigenvalue weighted by Crippen LogP contribution is 2.36. The molecule has 368 valence electrons. The van der Waals surface area contributed by atoms with E-state index in [4.69, 9.17) is 18.9 Å². The van der Waals surface area contributed by atoms with E-state index in [0.29, 0.717) is 22.4 Å². The molecule has 2 fully saturated rings. The van der Waals surface area contributed by atoms with E-state index in [1.54, 1.807) is 48.5 Å². The van der Waals surface area contributed by atoms with Crippen molar-refractivity contribution in [2.75, 3.05) is 34.9 Å². The normalized spacial score (nSPS) is 29.5. The fourth-order valence-corrected chi connectivity index (χ4v) is 8.23. The largest absolute Gasteiger partial charge is 0.497 e. The molecule has 3 aromatic carbocycles. The standard InChI is InChI=1S/C47H60N6O15/c1-23-41(59)50-37(25(3)55)46(64)52(5)31(18-26-8-13-29(65-7)14-9-26)43(61)49-24(2)44(62)53(6)33-19-27-10-15-30(16-11-27)66-35-21-28(20-32(42(60)48-23)51(4)45(33)63)12-17-34(35)67-47-40(58)39(57)38(56)36(22-54)68-47/h8-17,21,23-25,31-33,36-40,47,54-58H,18-20,22H2,1-7H3,(H,48,60)(H,49,61)(H,50,59)/t23-,24+,25?,31+,32+,33+,36-,37+,38-,39+,40-,47-/m1/s1. The van der Waals surface area contributed by atoms with Gasteiger partial charge in [0.2, 0.25) is 41.7 Å². The molecule has 0 aliphatic carbocycles. The van der Waals surface area contributed by atoms with Gasteiger partial charge in [0.15, 0.2) is 11.5 Å². The molecule has 4 aliphatic rings. The summed E-state index contributed by atoms with van der Waals surface area (Å²) < 4.78 is 23.1. The molecule has 2 saturated heterocycles. The number of hydrogen-bond acceptors (Lipinski definition) is 15. The van der Waals surface area contributed by atoms with E-state index < -0.39 is 115 Å². The van der Waals surface area contributed by atoms with Crippen molar-refractivity contribution in [1.29, 1.82) is 0 Å². The van der Waals surface area contributed by atoms with Crippen LogP contribution in [0.4, 0.5) is 0 Å². The molecule has 4 heterocycles. The molecule has 3 aromatic rings. The van der Waals surface area contributed by atoms with Crippen molar-refractivity contribution in [3.63, 3.8) is 0 Å². The highest BCUT2D eigenvalue weighted by Gasteiger charge is 2.45.